The summed E-state index contributed by atoms with van der Waals surface area (Å²) in [4.78, 5) is 0. The van der Waals surface area contributed by atoms with Gasteiger partial charge in [0.1, 0.15) is 0 Å². The van der Waals surface area contributed by atoms with Crippen LogP contribution in [0, 0.1) is 13.8 Å². The Kier molecular flexibility index (Phi) is 4.39. The lowest BCUT2D eigenvalue weighted by molar-refractivity contribution is 0.169. The van der Waals surface area contributed by atoms with Crippen molar-refractivity contribution < 1.29 is 5.11 Å². The van der Waals surface area contributed by atoms with Crippen LogP contribution in [0.2, 0.25) is 0 Å². The molecule has 0 radical (unpaired) electrons. The van der Waals surface area contributed by atoms with Crippen molar-refractivity contribution in [2.45, 2.75) is 26.5 Å². The number of nitrogens with zero attached hydrogens (tertiary/aromatic N) is 1. The van der Waals surface area contributed by atoms with Crippen LogP contribution >= 0.6 is 0 Å². The SMILES string of the molecule is Cc1cccc(C)c1NC[C@H](O)Cn1c2ccccc2c2ccccc21. The quantitative estimate of drug-likeness (QED) is 0.541. The van der Waals surface area contributed by atoms with E-state index in [1.165, 1.54) is 32.9 Å². The molecule has 3 heteroatoms. The maximum Gasteiger partial charge on any atom is 0.0891 e. The maximum absolute atomic E-state index is 10.7. The van der Waals surface area contributed by atoms with Gasteiger partial charge >= 0.3 is 0 Å². The summed E-state index contributed by atoms with van der Waals surface area (Å²) < 4.78 is 2.22. The van der Waals surface area contributed by atoms with Gasteiger partial charge in [-0.3, -0.25) is 0 Å². The van der Waals surface area contributed by atoms with E-state index in [0.29, 0.717) is 13.1 Å². The summed E-state index contributed by atoms with van der Waals surface area (Å²) in [6.45, 7) is 5.27. The summed E-state index contributed by atoms with van der Waals surface area (Å²) in [5, 5.41) is 16.6. The number of hydrogen-bond acceptors (Lipinski definition) is 2. The number of benzene rings is 3. The number of aromatic nitrogens is 1. The van der Waals surface area contributed by atoms with Gasteiger partial charge in [-0.25, -0.2) is 0 Å². The van der Waals surface area contributed by atoms with Gasteiger partial charge in [0.05, 0.1) is 12.6 Å². The number of aliphatic hydroxyl groups is 1. The molecule has 3 nitrogen and oxygen atoms in total. The number of fused-ring (bicyclic) bond motifs is 3. The predicted octanol–water partition coefficient (Wildman–Crippen LogP) is 4.88. The zero-order valence-corrected chi connectivity index (χ0v) is 15.2. The molecular formula is C23H24N2O. The topological polar surface area (TPSA) is 37.2 Å². The fraction of sp³-hybridized carbons (Fsp3) is 0.217. The average Bonchev–Trinajstić information content (AvgIpc) is 2.96. The highest BCUT2D eigenvalue weighted by atomic mass is 16.3. The van der Waals surface area contributed by atoms with E-state index in [2.05, 4.69) is 90.5 Å². The van der Waals surface area contributed by atoms with Gasteiger partial charge in [0, 0.05) is 34.0 Å². The average molecular weight is 344 g/mol. The number of anilines is 1. The molecule has 132 valence electrons. The third kappa shape index (κ3) is 2.95. The van der Waals surface area contributed by atoms with E-state index in [-0.39, 0.29) is 0 Å². The molecule has 0 spiro atoms. The molecule has 0 unspecified atom stereocenters. The van der Waals surface area contributed by atoms with Gasteiger partial charge in [0.15, 0.2) is 0 Å². The van der Waals surface area contributed by atoms with E-state index in [1.54, 1.807) is 0 Å². The molecule has 0 fully saturated rings. The van der Waals surface area contributed by atoms with E-state index in [4.69, 9.17) is 0 Å². The Labute approximate surface area is 153 Å². The van der Waals surface area contributed by atoms with E-state index in [0.717, 1.165) is 5.69 Å². The van der Waals surface area contributed by atoms with Crippen LogP contribution in [0.5, 0.6) is 0 Å². The highest BCUT2D eigenvalue weighted by Gasteiger charge is 2.13. The summed E-state index contributed by atoms with van der Waals surface area (Å²) in [5.41, 5.74) is 5.86. The Morgan fingerprint density at radius 1 is 0.808 bits per heavy atom. The van der Waals surface area contributed by atoms with Crippen molar-refractivity contribution in [2.24, 2.45) is 0 Å². The minimum Gasteiger partial charge on any atom is -0.389 e. The fourth-order valence-electron chi connectivity index (χ4n) is 3.79. The van der Waals surface area contributed by atoms with Crippen LogP contribution in [0.1, 0.15) is 11.1 Å². The minimum atomic E-state index is -0.479. The zero-order valence-electron chi connectivity index (χ0n) is 15.2. The van der Waals surface area contributed by atoms with Crippen LogP contribution in [-0.2, 0) is 6.54 Å². The van der Waals surface area contributed by atoms with Crippen LogP contribution in [0.3, 0.4) is 0 Å². The Balaban J connectivity index is 1.60. The van der Waals surface area contributed by atoms with E-state index in [1.807, 2.05) is 0 Å². The van der Waals surface area contributed by atoms with Crippen molar-refractivity contribution >= 4 is 27.5 Å². The summed E-state index contributed by atoms with van der Waals surface area (Å²) in [6, 6.07) is 23.0. The molecule has 0 amide bonds. The normalized spacial score (nSPS) is 12.6. The second-order valence-electron chi connectivity index (χ2n) is 6.95. The first-order chi connectivity index (χ1) is 12.6. The predicted molar refractivity (Wildman–Crippen MR) is 110 cm³/mol. The summed E-state index contributed by atoms with van der Waals surface area (Å²) >= 11 is 0. The second-order valence-corrected chi connectivity index (χ2v) is 6.95. The molecule has 4 aromatic rings. The molecule has 0 aliphatic heterocycles. The molecule has 0 aliphatic rings. The standard InChI is InChI=1S/C23H24N2O/c1-16-8-7-9-17(2)23(16)24-14-18(26)15-25-21-12-5-3-10-19(21)20-11-4-6-13-22(20)25/h3-13,18,24,26H,14-15H2,1-2H3/t18-/m0/s1. The summed E-state index contributed by atoms with van der Waals surface area (Å²) in [5.74, 6) is 0. The Bertz CT molecular complexity index is 991. The summed E-state index contributed by atoms with van der Waals surface area (Å²) in [7, 11) is 0. The van der Waals surface area contributed by atoms with E-state index < -0.39 is 6.10 Å². The molecule has 1 atom stereocenters. The van der Waals surface area contributed by atoms with Gasteiger partial charge in [0.2, 0.25) is 0 Å². The first-order valence-corrected chi connectivity index (χ1v) is 9.09. The molecule has 3 aromatic carbocycles. The van der Waals surface area contributed by atoms with E-state index >= 15 is 0 Å². The minimum absolute atomic E-state index is 0.479. The Morgan fingerprint density at radius 3 is 1.92 bits per heavy atom. The van der Waals surface area contributed by atoms with Crippen molar-refractivity contribution in [2.75, 3.05) is 11.9 Å². The summed E-state index contributed by atoms with van der Waals surface area (Å²) in [6.07, 6.45) is -0.479. The first-order valence-electron chi connectivity index (χ1n) is 9.09. The lowest BCUT2D eigenvalue weighted by Crippen LogP contribution is -2.25. The monoisotopic (exact) mass is 344 g/mol. The lowest BCUT2D eigenvalue weighted by Gasteiger charge is -2.18. The van der Waals surface area contributed by atoms with Crippen LogP contribution in [0.4, 0.5) is 5.69 Å². The number of rotatable bonds is 5. The number of aliphatic hydroxyl groups excluding tert-OH is 1. The third-order valence-corrected chi connectivity index (χ3v) is 5.07. The van der Waals surface area contributed by atoms with Gasteiger partial charge < -0.3 is 15.0 Å². The zero-order chi connectivity index (χ0) is 18.1. The van der Waals surface area contributed by atoms with Gasteiger partial charge in [0.25, 0.3) is 0 Å². The van der Waals surface area contributed by atoms with Crippen molar-refractivity contribution in [1.82, 2.24) is 4.57 Å². The molecule has 0 aliphatic carbocycles. The Morgan fingerprint density at radius 2 is 1.35 bits per heavy atom. The number of para-hydroxylation sites is 3. The second kappa shape index (κ2) is 6.85. The van der Waals surface area contributed by atoms with Crippen LogP contribution in [0.25, 0.3) is 21.8 Å². The van der Waals surface area contributed by atoms with Crippen LogP contribution in [0.15, 0.2) is 66.7 Å². The molecule has 0 saturated heterocycles. The molecular weight excluding hydrogens is 320 g/mol. The molecule has 0 bridgehead atoms. The largest absolute Gasteiger partial charge is 0.389 e. The van der Waals surface area contributed by atoms with Gasteiger partial charge in [-0.2, -0.15) is 0 Å². The molecule has 26 heavy (non-hydrogen) atoms. The molecule has 1 aromatic heterocycles. The smallest absolute Gasteiger partial charge is 0.0891 e. The first kappa shape index (κ1) is 16.7. The number of nitrogens with one attached hydrogen (secondary N) is 1. The van der Waals surface area contributed by atoms with Gasteiger partial charge in [-0.1, -0.05) is 54.6 Å². The van der Waals surface area contributed by atoms with Crippen LogP contribution in [-0.4, -0.2) is 22.3 Å². The molecule has 1 heterocycles. The molecule has 4 rings (SSSR count). The van der Waals surface area contributed by atoms with E-state index in [9.17, 15) is 5.11 Å². The molecule has 0 saturated carbocycles. The van der Waals surface area contributed by atoms with Crippen LogP contribution < -0.4 is 5.32 Å². The fourth-order valence-corrected chi connectivity index (χ4v) is 3.79. The highest BCUT2D eigenvalue weighted by molar-refractivity contribution is 6.07. The highest BCUT2D eigenvalue weighted by Crippen LogP contribution is 2.29. The molecule has 2 N–H and O–H groups in total. The number of aryl methyl sites for hydroxylation is 2. The third-order valence-electron chi connectivity index (χ3n) is 5.07. The van der Waals surface area contributed by atoms with Crippen molar-refractivity contribution in [3.63, 3.8) is 0 Å². The van der Waals surface area contributed by atoms with Crippen molar-refractivity contribution in [3.8, 4) is 0 Å². The maximum atomic E-state index is 10.7. The Hall–Kier alpha value is -2.78. The number of hydrogen-bond donors (Lipinski definition) is 2. The van der Waals surface area contributed by atoms with Gasteiger partial charge in [-0.15, -0.1) is 0 Å². The van der Waals surface area contributed by atoms with Crippen molar-refractivity contribution in [3.05, 3.63) is 77.9 Å². The van der Waals surface area contributed by atoms with Crippen molar-refractivity contribution in [1.29, 1.82) is 0 Å². The lowest BCUT2D eigenvalue weighted by atomic mass is 10.1. The van der Waals surface area contributed by atoms with Gasteiger partial charge in [-0.05, 0) is 37.1 Å².